The number of aromatic nitrogens is 3. The van der Waals surface area contributed by atoms with Crippen molar-refractivity contribution in [1.29, 1.82) is 0 Å². The molecule has 3 aromatic rings. The molecule has 0 saturated carbocycles. The van der Waals surface area contributed by atoms with Gasteiger partial charge in [-0.3, -0.25) is 4.57 Å². The average Bonchev–Trinajstić information content (AvgIpc) is 3.38. The topological polar surface area (TPSA) is 63.5 Å². The number of carbonyl (C=O) groups is 1. The molecule has 190 valence electrons. The van der Waals surface area contributed by atoms with E-state index in [1.807, 2.05) is 28.5 Å². The Kier molecular flexibility index (Phi) is 6.70. The van der Waals surface area contributed by atoms with Crippen LogP contribution in [-0.2, 0) is 10.9 Å². The Morgan fingerprint density at radius 2 is 1.75 bits per heavy atom. The van der Waals surface area contributed by atoms with Gasteiger partial charge in [0, 0.05) is 56.1 Å². The Bertz CT molecular complexity index is 1200. The number of likely N-dealkylation sites (tertiary alicyclic amines) is 1. The first-order chi connectivity index (χ1) is 17.3. The molecule has 2 aliphatic rings. The van der Waals surface area contributed by atoms with Crippen molar-refractivity contribution in [1.82, 2.24) is 24.3 Å². The number of aryl methyl sites for hydroxylation is 1. The quantitative estimate of drug-likeness (QED) is 0.528. The van der Waals surface area contributed by atoms with Gasteiger partial charge in [-0.05, 0) is 42.7 Å². The summed E-state index contributed by atoms with van der Waals surface area (Å²) in [5.74, 6) is 0.580. The third kappa shape index (κ3) is 4.95. The van der Waals surface area contributed by atoms with Crippen LogP contribution in [0.4, 0.5) is 18.0 Å². The average molecular weight is 500 g/mol. The van der Waals surface area contributed by atoms with E-state index in [2.05, 4.69) is 9.97 Å². The van der Waals surface area contributed by atoms with Crippen LogP contribution in [0.5, 0.6) is 0 Å². The van der Waals surface area contributed by atoms with Crippen LogP contribution in [0, 0.1) is 6.92 Å². The number of ether oxygens (including phenoxy) is 1. The maximum Gasteiger partial charge on any atom is 0.416 e. The standard InChI is InChI=1S/C26H28F3N5O2/c1-18-3-2-8-31-24(18)34-17-30-14-23(34)21-13-20(19-4-6-22(7-5-19)26(27,28)29)15-33(16-21)25(35)32-9-11-36-12-10-32/h2-8,14,17,20-21H,9-13,15-16H2,1H3. The van der Waals surface area contributed by atoms with Gasteiger partial charge in [-0.25, -0.2) is 14.8 Å². The van der Waals surface area contributed by atoms with Gasteiger partial charge in [0.05, 0.1) is 18.8 Å². The number of nitrogens with zero attached hydrogens (tertiary/aromatic N) is 5. The number of halogens is 3. The maximum atomic E-state index is 13.5. The molecule has 2 aliphatic heterocycles. The molecule has 2 atom stereocenters. The van der Waals surface area contributed by atoms with Crippen molar-refractivity contribution in [3.8, 4) is 5.82 Å². The number of amides is 2. The Balaban J connectivity index is 1.47. The van der Waals surface area contributed by atoms with Gasteiger partial charge in [0.15, 0.2) is 0 Å². The molecule has 0 N–H and O–H groups in total. The summed E-state index contributed by atoms with van der Waals surface area (Å²) in [6.07, 6.45) is 1.53. The molecule has 2 aromatic heterocycles. The van der Waals surface area contributed by atoms with E-state index < -0.39 is 11.7 Å². The van der Waals surface area contributed by atoms with Crippen LogP contribution in [0.3, 0.4) is 0 Å². The zero-order valence-corrected chi connectivity index (χ0v) is 20.0. The number of morpholine rings is 1. The molecule has 0 bridgehead atoms. The zero-order valence-electron chi connectivity index (χ0n) is 20.0. The second kappa shape index (κ2) is 9.93. The SMILES string of the molecule is Cc1cccnc1-n1cncc1C1CC(c2ccc(C(F)(F)F)cc2)CN(C(=O)N2CCOCC2)C1. The number of urea groups is 1. The third-order valence-corrected chi connectivity index (χ3v) is 7.01. The minimum atomic E-state index is -4.39. The molecule has 5 rings (SSSR count). The van der Waals surface area contributed by atoms with E-state index in [1.54, 1.807) is 23.6 Å². The molecule has 4 heterocycles. The van der Waals surface area contributed by atoms with E-state index in [0.717, 1.165) is 34.8 Å². The van der Waals surface area contributed by atoms with E-state index in [0.29, 0.717) is 45.8 Å². The lowest BCUT2D eigenvalue weighted by atomic mass is 9.83. The highest BCUT2D eigenvalue weighted by atomic mass is 19.4. The summed E-state index contributed by atoms with van der Waals surface area (Å²) in [5, 5.41) is 0. The molecule has 1 aromatic carbocycles. The third-order valence-electron chi connectivity index (χ3n) is 7.01. The number of hydrogen-bond donors (Lipinski definition) is 0. The van der Waals surface area contributed by atoms with Crippen LogP contribution in [0.15, 0.2) is 55.1 Å². The van der Waals surface area contributed by atoms with Crippen LogP contribution in [0.2, 0.25) is 0 Å². The van der Waals surface area contributed by atoms with Crippen LogP contribution < -0.4 is 0 Å². The van der Waals surface area contributed by atoms with Crippen molar-refractivity contribution in [2.75, 3.05) is 39.4 Å². The van der Waals surface area contributed by atoms with E-state index >= 15 is 0 Å². The van der Waals surface area contributed by atoms with E-state index in [9.17, 15) is 18.0 Å². The zero-order chi connectivity index (χ0) is 25.3. The number of pyridine rings is 1. The lowest BCUT2D eigenvalue weighted by molar-refractivity contribution is -0.137. The van der Waals surface area contributed by atoms with Crippen molar-refractivity contribution in [2.24, 2.45) is 0 Å². The Labute approximate surface area is 207 Å². The van der Waals surface area contributed by atoms with Gasteiger partial charge >= 0.3 is 12.2 Å². The summed E-state index contributed by atoms with van der Waals surface area (Å²) in [5.41, 5.74) is 2.03. The molecular formula is C26H28F3N5O2. The molecule has 2 fully saturated rings. The fourth-order valence-corrected chi connectivity index (χ4v) is 5.12. The largest absolute Gasteiger partial charge is 0.416 e. The van der Waals surface area contributed by atoms with E-state index in [-0.39, 0.29) is 17.9 Å². The molecule has 10 heteroatoms. The number of hydrogen-bond acceptors (Lipinski definition) is 4. The number of piperidine rings is 1. The molecule has 0 radical (unpaired) electrons. The summed E-state index contributed by atoms with van der Waals surface area (Å²) < 4.78 is 46.8. The summed E-state index contributed by atoms with van der Waals surface area (Å²) in [4.78, 5) is 26.0. The van der Waals surface area contributed by atoms with Gasteiger partial charge in [-0.1, -0.05) is 18.2 Å². The van der Waals surface area contributed by atoms with Crippen LogP contribution in [-0.4, -0.2) is 69.8 Å². The molecule has 36 heavy (non-hydrogen) atoms. The second-order valence-electron chi connectivity index (χ2n) is 9.37. The number of alkyl halides is 3. The second-order valence-corrected chi connectivity index (χ2v) is 9.37. The fourth-order valence-electron chi connectivity index (χ4n) is 5.12. The molecule has 2 amide bonds. The Hall–Kier alpha value is -3.40. The molecule has 2 saturated heterocycles. The van der Waals surface area contributed by atoms with Gasteiger partial charge in [0.2, 0.25) is 0 Å². The normalized spacial score (nSPS) is 21.0. The maximum absolute atomic E-state index is 13.5. The number of carbonyl (C=O) groups excluding carboxylic acids is 1. The lowest BCUT2D eigenvalue weighted by Gasteiger charge is -2.41. The predicted molar refractivity (Wildman–Crippen MR) is 127 cm³/mol. The fraction of sp³-hybridized carbons (Fsp3) is 0.423. The van der Waals surface area contributed by atoms with Crippen molar-refractivity contribution in [3.05, 3.63) is 77.5 Å². The Morgan fingerprint density at radius 3 is 2.44 bits per heavy atom. The highest BCUT2D eigenvalue weighted by Crippen LogP contribution is 2.38. The highest BCUT2D eigenvalue weighted by Gasteiger charge is 2.36. The minimum absolute atomic E-state index is 0.0695. The van der Waals surface area contributed by atoms with Crippen LogP contribution in [0.25, 0.3) is 5.82 Å². The first-order valence-corrected chi connectivity index (χ1v) is 12.0. The van der Waals surface area contributed by atoms with E-state index in [4.69, 9.17) is 4.74 Å². The van der Waals surface area contributed by atoms with Gasteiger partial charge in [-0.2, -0.15) is 13.2 Å². The summed E-state index contributed by atoms with van der Waals surface area (Å²) >= 11 is 0. The highest BCUT2D eigenvalue weighted by molar-refractivity contribution is 5.75. The van der Waals surface area contributed by atoms with Crippen molar-refractivity contribution < 1.29 is 22.7 Å². The van der Waals surface area contributed by atoms with Crippen molar-refractivity contribution in [3.63, 3.8) is 0 Å². The summed E-state index contributed by atoms with van der Waals surface area (Å²) in [6.45, 7) is 4.95. The number of imidazole rings is 1. The van der Waals surface area contributed by atoms with Crippen molar-refractivity contribution in [2.45, 2.75) is 31.4 Å². The summed E-state index contributed by atoms with van der Waals surface area (Å²) in [7, 11) is 0. The monoisotopic (exact) mass is 499 g/mol. The van der Waals surface area contributed by atoms with Gasteiger partial charge in [-0.15, -0.1) is 0 Å². The van der Waals surface area contributed by atoms with Gasteiger partial charge in [0.25, 0.3) is 0 Å². The van der Waals surface area contributed by atoms with Gasteiger partial charge < -0.3 is 14.5 Å². The molecule has 7 nitrogen and oxygen atoms in total. The molecular weight excluding hydrogens is 471 g/mol. The first-order valence-electron chi connectivity index (χ1n) is 12.0. The van der Waals surface area contributed by atoms with E-state index in [1.165, 1.54) is 12.1 Å². The predicted octanol–water partition coefficient (Wildman–Crippen LogP) is 4.62. The smallest absolute Gasteiger partial charge is 0.378 e. The summed E-state index contributed by atoms with van der Waals surface area (Å²) in [6, 6.07) is 9.09. The lowest BCUT2D eigenvalue weighted by Crippen LogP contribution is -2.52. The molecule has 0 aliphatic carbocycles. The van der Waals surface area contributed by atoms with Crippen molar-refractivity contribution >= 4 is 6.03 Å². The molecule has 2 unspecified atom stereocenters. The van der Waals surface area contributed by atoms with Gasteiger partial charge in [0.1, 0.15) is 12.1 Å². The first kappa shape index (κ1) is 24.3. The van der Waals surface area contributed by atoms with Crippen LogP contribution >= 0.6 is 0 Å². The number of rotatable bonds is 3. The number of benzene rings is 1. The minimum Gasteiger partial charge on any atom is -0.378 e. The Morgan fingerprint density at radius 1 is 1.03 bits per heavy atom. The molecule has 0 spiro atoms. The van der Waals surface area contributed by atoms with Crippen LogP contribution in [0.1, 0.15) is 40.6 Å².